The molecule has 0 fully saturated rings. The molecule has 0 aromatic heterocycles. The average Bonchev–Trinajstić information content (AvgIpc) is 2.15. The molecule has 1 atom stereocenters. The van der Waals surface area contributed by atoms with Crippen molar-refractivity contribution in [1.82, 2.24) is 5.32 Å². The second-order valence-electron chi connectivity index (χ2n) is 3.43. The van der Waals surface area contributed by atoms with Crippen molar-refractivity contribution in [2.75, 3.05) is 0 Å². The summed E-state index contributed by atoms with van der Waals surface area (Å²) in [5.74, 6) is 0. The third-order valence-corrected chi connectivity index (χ3v) is 2.19. The van der Waals surface area contributed by atoms with Crippen LogP contribution in [0.5, 0.6) is 0 Å². The predicted molar refractivity (Wildman–Crippen MR) is 57.6 cm³/mol. The van der Waals surface area contributed by atoms with Gasteiger partial charge < -0.3 is 5.32 Å². The summed E-state index contributed by atoms with van der Waals surface area (Å²) in [4.78, 5) is 0. The number of nitrogens with one attached hydrogen (secondary N) is 1. The molecule has 0 aliphatic heterocycles. The van der Waals surface area contributed by atoms with Crippen molar-refractivity contribution in [3.05, 3.63) is 48.0 Å². The molecule has 1 N–H and O–H groups in total. The van der Waals surface area contributed by atoms with Gasteiger partial charge in [-0.2, -0.15) is 0 Å². The molecule has 0 radical (unpaired) electrons. The fraction of sp³-hybridized carbons (Fsp3) is 0.333. The maximum Gasteiger partial charge on any atom is 0.0248 e. The monoisotopic (exact) mass is 175 g/mol. The lowest BCUT2D eigenvalue weighted by atomic mass is 10.1. The summed E-state index contributed by atoms with van der Waals surface area (Å²) in [5, 5.41) is 3.40. The van der Waals surface area contributed by atoms with E-state index < -0.39 is 0 Å². The van der Waals surface area contributed by atoms with Crippen LogP contribution in [0.3, 0.4) is 0 Å². The molecule has 0 amide bonds. The summed E-state index contributed by atoms with van der Waals surface area (Å²) in [6, 6.07) is 10.8. The lowest BCUT2D eigenvalue weighted by molar-refractivity contribution is 0.610. The molecule has 70 valence electrons. The summed E-state index contributed by atoms with van der Waals surface area (Å²) in [7, 11) is 0. The Morgan fingerprint density at radius 1 is 1.38 bits per heavy atom. The van der Waals surface area contributed by atoms with Crippen LogP contribution >= 0.6 is 0 Å². The SMILES string of the molecule is C=C(C)C(C)NCc1ccccc1. The number of benzene rings is 1. The normalized spacial score (nSPS) is 12.5. The molecule has 0 saturated carbocycles. The van der Waals surface area contributed by atoms with Gasteiger partial charge in [-0.1, -0.05) is 42.5 Å². The maximum absolute atomic E-state index is 3.90. The molecule has 1 unspecified atom stereocenters. The van der Waals surface area contributed by atoms with Crippen LogP contribution in [0.2, 0.25) is 0 Å². The third kappa shape index (κ3) is 3.43. The van der Waals surface area contributed by atoms with Crippen molar-refractivity contribution in [1.29, 1.82) is 0 Å². The van der Waals surface area contributed by atoms with E-state index >= 15 is 0 Å². The van der Waals surface area contributed by atoms with Gasteiger partial charge in [-0.05, 0) is 19.4 Å². The van der Waals surface area contributed by atoms with Gasteiger partial charge in [0, 0.05) is 12.6 Å². The van der Waals surface area contributed by atoms with Crippen LogP contribution in [0.15, 0.2) is 42.5 Å². The zero-order valence-electron chi connectivity index (χ0n) is 8.38. The molecule has 0 aliphatic carbocycles. The van der Waals surface area contributed by atoms with Gasteiger partial charge in [0.1, 0.15) is 0 Å². The first-order valence-corrected chi connectivity index (χ1v) is 4.63. The summed E-state index contributed by atoms with van der Waals surface area (Å²) in [6.07, 6.45) is 0. The van der Waals surface area contributed by atoms with Crippen LogP contribution in [-0.4, -0.2) is 6.04 Å². The second kappa shape index (κ2) is 4.83. The van der Waals surface area contributed by atoms with Gasteiger partial charge >= 0.3 is 0 Å². The van der Waals surface area contributed by atoms with E-state index in [1.807, 2.05) is 13.0 Å². The van der Waals surface area contributed by atoms with Crippen LogP contribution in [0.4, 0.5) is 0 Å². The number of hydrogen-bond acceptors (Lipinski definition) is 1. The largest absolute Gasteiger partial charge is 0.306 e. The Bertz CT molecular complexity index is 264. The Balaban J connectivity index is 2.39. The zero-order chi connectivity index (χ0) is 9.68. The fourth-order valence-electron chi connectivity index (χ4n) is 1.04. The molecular weight excluding hydrogens is 158 g/mol. The molecule has 1 nitrogen and oxygen atoms in total. The summed E-state index contributed by atoms with van der Waals surface area (Å²) in [6.45, 7) is 8.99. The Labute approximate surface area is 80.5 Å². The minimum atomic E-state index is 0.389. The molecule has 0 saturated heterocycles. The summed E-state index contributed by atoms with van der Waals surface area (Å²) < 4.78 is 0. The van der Waals surface area contributed by atoms with Crippen molar-refractivity contribution in [2.24, 2.45) is 0 Å². The van der Waals surface area contributed by atoms with Crippen LogP contribution in [0.25, 0.3) is 0 Å². The van der Waals surface area contributed by atoms with E-state index in [4.69, 9.17) is 0 Å². The second-order valence-corrected chi connectivity index (χ2v) is 3.43. The van der Waals surface area contributed by atoms with E-state index in [-0.39, 0.29) is 0 Å². The van der Waals surface area contributed by atoms with Crippen molar-refractivity contribution in [2.45, 2.75) is 26.4 Å². The van der Waals surface area contributed by atoms with Gasteiger partial charge in [0.2, 0.25) is 0 Å². The Hall–Kier alpha value is -1.08. The Morgan fingerprint density at radius 2 is 2.00 bits per heavy atom. The highest BCUT2D eigenvalue weighted by Gasteiger charge is 2.00. The summed E-state index contributed by atoms with van der Waals surface area (Å²) in [5.41, 5.74) is 2.49. The predicted octanol–water partition coefficient (Wildman–Crippen LogP) is 2.74. The molecule has 1 aromatic carbocycles. The van der Waals surface area contributed by atoms with Gasteiger partial charge in [-0.3, -0.25) is 0 Å². The van der Waals surface area contributed by atoms with E-state index in [0.29, 0.717) is 6.04 Å². The van der Waals surface area contributed by atoms with Crippen molar-refractivity contribution in [3.63, 3.8) is 0 Å². The van der Waals surface area contributed by atoms with Gasteiger partial charge in [-0.15, -0.1) is 0 Å². The van der Waals surface area contributed by atoms with E-state index in [1.54, 1.807) is 0 Å². The lowest BCUT2D eigenvalue weighted by Gasteiger charge is -2.13. The topological polar surface area (TPSA) is 12.0 Å². The molecule has 0 heterocycles. The molecular formula is C12H17N. The van der Waals surface area contributed by atoms with Crippen molar-refractivity contribution >= 4 is 0 Å². The highest BCUT2D eigenvalue weighted by atomic mass is 14.9. The Kier molecular flexibility index (Phi) is 3.71. The van der Waals surface area contributed by atoms with Crippen LogP contribution < -0.4 is 5.32 Å². The quantitative estimate of drug-likeness (QED) is 0.694. The maximum atomic E-state index is 3.90. The molecule has 1 aromatic rings. The third-order valence-electron chi connectivity index (χ3n) is 2.19. The highest BCUT2D eigenvalue weighted by Crippen LogP contribution is 2.01. The lowest BCUT2D eigenvalue weighted by Crippen LogP contribution is -2.25. The van der Waals surface area contributed by atoms with Crippen molar-refractivity contribution < 1.29 is 0 Å². The number of rotatable bonds is 4. The van der Waals surface area contributed by atoms with Crippen LogP contribution in [0, 0.1) is 0 Å². The molecule has 1 heteroatoms. The van der Waals surface area contributed by atoms with E-state index in [1.165, 1.54) is 11.1 Å². The zero-order valence-corrected chi connectivity index (χ0v) is 8.38. The first kappa shape index (κ1) is 10.0. The summed E-state index contributed by atoms with van der Waals surface area (Å²) >= 11 is 0. The van der Waals surface area contributed by atoms with Gasteiger partial charge in [0.25, 0.3) is 0 Å². The first-order valence-electron chi connectivity index (χ1n) is 4.63. The van der Waals surface area contributed by atoms with E-state index in [9.17, 15) is 0 Å². The van der Waals surface area contributed by atoms with E-state index in [0.717, 1.165) is 6.54 Å². The first-order chi connectivity index (χ1) is 6.20. The molecule has 13 heavy (non-hydrogen) atoms. The number of hydrogen-bond donors (Lipinski definition) is 1. The minimum absolute atomic E-state index is 0.389. The van der Waals surface area contributed by atoms with Gasteiger partial charge in [0.05, 0.1) is 0 Å². The fourth-order valence-corrected chi connectivity index (χ4v) is 1.04. The van der Waals surface area contributed by atoms with Crippen LogP contribution in [0.1, 0.15) is 19.4 Å². The van der Waals surface area contributed by atoms with Gasteiger partial charge in [-0.25, -0.2) is 0 Å². The smallest absolute Gasteiger partial charge is 0.0248 e. The molecule has 0 bridgehead atoms. The molecule has 0 aliphatic rings. The standard InChI is InChI=1S/C12H17N/c1-10(2)11(3)13-9-12-7-5-4-6-8-12/h4-8,11,13H,1,9H2,2-3H3. The average molecular weight is 175 g/mol. The minimum Gasteiger partial charge on any atom is -0.306 e. The highest BCUT2D eigenvalue weighted by molar-refractivity contribution is 5.14. The van der Waals surface area contributed by atoms with Crippen molar-refractivity contribution in [3.8, 4) is 0 Å². The van der Waals surface area contributed by atoms with E-state index in [2.05, 4.69) is 43.1 Å². The van der Waals surface area contributed by atoms with Crippen LogP contribution in [-0.2, 0) is 6.54 Å². The Morgan fingerprint density at radius 3 is 2.54 bits per heavy atom. The van der Waals surface area contributed by atoms with Gasteiger partial charge in [0.15, 0.2) is 0 Å². The molecule has 1 rings (SSSR count). The molecule has 0 spiro atoms.